The Morgan fingerprint density at radius 3 is 3.09 bits per heavy atom. The number of nitrogens with one attached hydrogen (secondary N) is 1. The van der Waals surface area contributed by atoms with E-state index >= 15 is 0 Å². The van der Waals surface area contributed by atoms with E-state index < -0.39 is 0 Å². The summed E-state index contributed by atoms with van der Waals surface area (Å²) in [5.41, 5.74) is 0. The summed E-state index contributed by atoms with van der Waals surface area (Å²) in [5, 5.41) is 3.18. The van der Waals surface area contributed by atoms with Gasteiger partial charge in [0.15, 0.2) is 0 Å². The van der Waals surface area contributed by atoms with Crippen LogP contribution in [0.3, 0.4) is 0 Å². The van der Waals surface area contributed by atoms with Crippen molar-refractivity contribution in [3.05, 3.63) is 24.2 Å². The van der Waals surface area contributed by atoms with Crippen molar-refractivity contribution in [2.24, 2.45) is 0 Å². The second-order valence-corrected chi connectivity index (χ2v) is 2.69. The van der Waals surface area contributed by atoms with E-state index in [-0.39, 0.29) is 12.3 Å². The van der Waals surface area contributed by atoms with E-state index in [1.807, 2.05) is 19.1 Å². The maximum absolute atomic E-state index is 5.50. The number of ether oxygens (including phenoxy) is 1. The number of rotatable bonds is 1. The zero-order valence-corrected chi connectivity index (χ0v) is 6.41. The zero-order valence-electron chi connectivity index (χ0n) is 6.41. The van der Waals surface area contributed by atoms with E-state index in [0.717, 1.165) is 12.3 Å². The minimum Gasteiger partial charge on any atom is -0.467 e. The van der Waals surface area contributed by atoms with E-state index in [9.17, 15) is 0 Å². The molecule has 60 valence electrons. The third-order valence-electron chi connectivity index (χ3n) is 1.82. The van der Waals surface area contributed by atoms with Crippen LogP contribution in [0.2, 0.25) is 0 Å². The standard InChI is InChI=1S/C8H11NO2/c1-6-9-5-8(11-6)7-3-2-4-10-7/h2-4,6,8-9H,5H2,1H3. The third kappa shape index (κ3) is 1.29. The first-order valence-corrected chi connectivity index (χ1v) is 3.78. The molecule has 11 heavy (non-hydrogen) atoms. The topological polar surface area (TPSA) is 34.4 Å². The molecule has 2 heterocycles. The second kappa shape index (κ2) is 2.68. The highest BCUT2D eigenvalue weighted by molar-refractivity contribution is 5.04. The lowest BCUT2D eigenvalue weighted by atomic mass is 10.3. The molecule has 0 bridgehead atoms. The Bertz CT molecular complexity index is 220. The average molecular weight is 153 g/mol. The van der Waals surface area contributed by atoms with Gasteiger partial charge in [0.05, 0.1) is 6.26 Å². The summed E-state index contributed by atoms with van der Waals surface area (Å²) in [6.45, 7) is 2.83. The Balaban J connectivity index is 2.08. The van der Waals surface area contributed by atoms with Gasteiger partial charge in [-0.05, 0) is 19.1 Å². The lowest BCUT2D eigenvalue weighted by molar-refractivity contribution is 0.0408. The SMILES string of the molecule is CC1NCC(c2ccco2)O1. The van der Waals surface area contributed by atoms with Gasteiger partial charge in [-0.3, -0.25) is 5.32 Å². The average Bonchev–Trinajstić information content (AvgIpc) is 2.55. The van der Waals surface area contributed by atoms with E-state index in [1.165, 1.54) is 0 Å². The molecule has 0 radical (unpaired) electrons. The van der Waals surface area contributed by atoms with Crippen LogP contribution in [0.1, 0.15) is 18.8 Å². The van der Waals surface area contributed by atoms with Crippen molar-refractivity contribution < 1.29 is 9.15 Å². The molecule has 1 aromatic rings. The molecule has 2 rings (SSSR count). The van der Waals surface area contributed by atoms with Crippen molar-refractivity contribution in [1.29, 1.82) is 0 Å². The molecule has 2 atom stereocenters. The van der Waals surface area contributed by atoms with E-state index in [4.69, 9.17) is 9.15 Å². The van der Waals surface area contributed by atoms with Gasteiger partial charge < -0.3 is 9.15 Å². The summed E-state index contributed by atoms with van der Waals surface area (Å²) in [6, 6.07) is 3.81. The van der Waals surface area contributed by atoms with Crippen molar-refractivity contribution in [2.45, 2.75) is 19.3 Å². The molecule has 0 spiro atoms. The third-order valence-corrected chi connectivity index (χ3v) is 1.82. The highest BCUT2D eigenvalue weighted by atomic mass is 16.5. The van der Waals surface area contributed by atoms with Gasteiger partial charge in [-0.25, -0.2) is 0 Å². The van der Waals surface area contributed by atoms with Crippen molar-refractivity contribution in [1.82, 2.24) is 5.32 Å². The van der Waals surface area contributed by atoms with Crippen molar-refractivity contribution in [3.8, 4) is 0 Å². The van der Waals surface area contributed by atoms with Crippen molar-refractivity contribution in [3.63, 3.8) is 0 Å². The predicted octanol–water partition coefficient (Wildman–Crippen LogP) is 1.29. The van der Waals surface area contributed by atoms with Gasteiger partial charge in [-0.2, -0.15) is 0 Å². The molecule has 0 aliphatic carbocycles. The van der Waals surface area contributed by atoms with Gasteiger partial charge >= 0.3 is 0 Å². The summed E-state index contributed by atoms with van der Waals surface area (Å²) in [6.07, 6.45) is 1.91. The summed E-state index contributed by atoms with van der Waals surface area (Å²) in [4.78, 5) is 0. The van der Waals surface area contributed by atoms with Crippen LogP contribution in [0.25, 0.3) is 0 Å². The molecular weight excluding hydrogens is 142 g/mol. The molecule has 1 aliphatic rings. The zero-order chi connectivity index (χ0) is 7.68. The van der Waals surface area contributed by atoms with Crippen LogP contribution in [-0.2, 0) is 4.74 Å². The molecule has 1 aromatic heterocycles. The Labute approximate surface area is 65.3 Å². The minimum atomic E-state index is 0.0972. The van der Waals surface area contributed by atoms with Crippen LogP contribution >= 0.6 is 0 Å². The van der Waals surface area contributed by atoms with Crippen LogP contribution in [-0.4, -0.2) is 12.8 Å². The van der Waals surface area contributed by atoms with E-state index in [1.54, 1.807) is 6.26 Å². The number of hydrogen-bond acceptors (Lipinski definition) is 3. The van der Waals surface area contributed by atoms with Crippen LogP contribution in [0.4, 0.5) is 0 Å². The maximum atomic E-state index is 5.50. The second-order valence-electron chi connectivity index (χ2n) is 2.69. The van der Waals surface area contributed by atoms with Gasteiger partial charge in [-0.15, -0.1) is 0 Å². The van der Waals surface area contributed by atoms with Gasteiger partial charge in [0, 0.05) is 6.54 Å². The quantitative estimate of drug-likeness (QED) is 0.660. The molecule has 1 aliphatic heterocycles. The number of furan rings is 1. The molecule has 2 unspecified atom stereocenters. The van der Waals surface area contributed by atoms with Crippen molar-refractivity contribution >= 4 is 0 Å². The number of hydrogen-bond donors (Lipinski definition) is 1. The van der Waals surface area contributed by atoms with Crippen LogP contribution < -0.4 is 5.32 Å². The first kappa shape index (κ1) is 6.88. The Morgan fingerprint density at radius 2 is 2.55 bits per heavy atom. The van der Waals surface area contributed by atoms with Crippen LogP contribution in [0.5, 0.6) is 0 Å². The largest absolute Gasteiger partial charge is 0.467 e. The Morgan fingerprint density at radius 1 is 1.64 bits per heavy atom. The summed E-state index contributed by atoms with van der Waals surface area (Å²) < 4.78 is 10.7. The summed E-state index contributed by atoms with van der Waals surface area (Å²) >= 11 is 0. The molecule has 0 saturated carbocycles. The molecular formula is C8H11NO2. The monoisotopic (exact) mass is 153 g/mol. The lowest BCUT2D eigenvalue weighted by Gasteiger charge is -2.04. The van der Waals surface area contributed by atoms with Gasteiger partial charge in [0.1, 0.15) is 18.1 Å². The highest BCUT2D eigenvalue weighted by Gasteiger charge is 2.24. The fraction of sp³-hybridized carbons (Fsp3) is 0.500. The Hall–Kier alpha value is -0.800. The van der Waals surface area contributed by atoms with Crippen LogP contribution in [0, 0.1) is 0 Å². The van der Waals surface area contributed by atoms with E-state index in [0.29, 0.717) is 0 Å². The molecule has 3 nitrogen and oxygen atoms in total. The molecule has 1 N–H and O–H groups in total. The normalized spacial score (nSPS) is 31.0. The first-order chi connectivity index (χ1) is 5.36. The summed E-state index contributed by atoms with van der Waals surface area (Å²) in [5.74, 6) is 0.904. The maximum Gasteiger partial charge on any atom is 0.133 e. The first-order valence-electron chi connectivity index (χ1n) is 3.78. The fourth-order valence-corrected chi connectivity index (χ4v) is 1.26. The Kier molecular flexibility index (Phi) is 1.68. The highest BCUT2D eigenvalue weighted by Crippen LogP contribution is 2.22. The van der Waals surface area contributed by atoms with E-state index in [2.05, 4.69) is 5.32 Å². The molecule has 0 aromatic carbocycles. The minimum absolute atomic E-state index is 0.0972. The lowest BCUT2D eigenvalue weighted by Crippen LogP contribution is -2.17. The molecule has 1 saturated heterocycles. The van der Waals surface area contributed by atoms with Crippen LogP contribution in [0.15, 0.2) is 22.8 Å². The fourth-order valence-electron chi connectivity index (χ4n) is 1.26. The summed E-state index contributed by atoms with van der Waals surface area (Å²) in [7, 11) is 0. The molecule has 3 heteroatoms. The predicted molar refractivity (Wildman–Crippen MR) is 40.0 cm³/mol. The van der Waals surface area contributed by atoms with Crippen molar-refractivity contribution in [2.75, 3.05) is 6.54 Å². The molecule has 1 fully saturated rings. The van der Waals surface area contributed by atoms with Gasteiger partial charge in [0.25, 0.3) is 0 Å². The molecule has 0 amide bonds. The van der Waals surface area contributed by atoms with Gasteiger partial charge in [-0.1, -0.05) is 0 Å². The van der Waals surface area contributed by atoms with Gasteiger partial charge in [0.2, 0.25) is 0 Å². The smallest absolute Gasteiger partial charge is 0.133 e.